The highest BCUT2D eigenvalue weighted by molar-refractivity contribution is 5.71. The number of unbranched alkanes of at least 4 members (excludes halogenated alkanes) is 39. The number of hydrogen-bond donors (Lipinski definition) is 0. The minimum absolute atomic E-state index is 0.0746. The van der Waals surface area contributed by atoms with Gasteiger partial charge in [0, 0.05) is 19.3 Å². The summed E-state index contributed by atoms with van der Waals surface area (Å²) in [7, 11) is 0. The molecule has 0 N–H and O–H groups in total. The fraction of sp³-hybridized carbons (Fsp3) is 0.857. The Bertz CT molecular complexity index is 1160. The van der Waals surface area contributed by atoms with Crippen LogP contribution in [0, 0.1) is 0 Å². The lowest BCUT2D eigenvalue weighted by Gasteiger charge is -2.18. The molecule has 6 heteroatoms. The molecule has 1 atom stereocenters. The van der Waals surface area contributed by atoms with Gasteiger partial charge in [0.05, 0.1) is 0 Å². The number of carbonyl (C=O) groups excluding carboxylic acids is 3. The summed E-state index contributed by atoms with van der Waals surface area (Å²) in [5.74, 6) is -0.869. The molecule has 0 fully saturated rings. The van der Waals surface area contributed by atoms with Crippen molar-refractivity contribution in [2.75, 3.05) is 13.2 Å². The molecule has 0 aliphatic heterocycles. The fourth-order valence-electron chi connectivity index (χ4n) is 8.96. The molecule has 0 saturated carbocycles. The minimum Gasteiger partial charge on any atom is -0.462 e. The zero-order valence-electron chi connectivity index (χ0n) is 46.3. The maximum atomic E-state index is 12.9. The topological polar surface area (TPSA) is 78.9 Å². The van der Waals surface area contributed by atoms with Crippen molar-refractivity contribution >= 4 is 17.9 Å². The summed E-state index contributed by atoms with van der Waals surface area (Å²) in [4.78, 5) is 38.2. The lowest BCUT2D eigenvalue weighted by molar-refractivity contribution is -0.167. The van der Waals surface area contributed by atoms with Gasteiger partial charge in [-0.2, -0.15) is 0 Å². The van der Waals surface area contributed by atoms with E-state index in [-0.39, 0.29) is 31.1 Å². The molecule has 69 heavy (non-hydrogen) atoms. The molecule has 404 valence electrons. The Balaban J connectivity index is 4.33. The van der Waals surface area contributed by atoms with Gasteiger partial charge in [-0.05, 0) is 96.3 Å². The van der Waals surface area contributed by atoms with E-state index in [1.807, 2.05) is 0 Å². The van der Waals surface area contributed by atoms with Gasteiger partial charge in [0.2, 0.25) is 0 Å². The monoisotopic (exact) mass is 969 g/mol. The Morgan fingerprint density at radius 3 is 0.739 bits per heavy atom. The first kappa shape index (κ1) is 66.6. The first-order chi connectivity index (χ1) is 34.0. The number of ether oxygens (including phenoxy) is 3. The summed E-state index contributed by atoms with van der Waals surface area (Å²) >= 11 is 0. The van der Waals surface area contributed by atoms with Crippen LogP contribution < -0.4 is 0 Å². The third kappa shape index (κ3) is 56.4. The lowest BCUT2D eigenvalue weighted by atomic mass is 10.0. The molecule has 6 nitrogen and oxygen atoms in total. The van der Waals surface area contributed by atoms with Gasteiger partial charge in [0.1, 0.15) is 13.2 Å². The van der Waals surface area contributed by atoms with Crippen molar-refractivity contribution in [2.24, 2.45) is 0 Å². The number of rotatable bonds is 56. The second-order valence-electron chi connectivity index (χ2n) is 20.6. The lowest BCUT2D eigenvalue weighted by Crippen LogP contribution is -2.30. The van der Waals surface area contributed by atoms with Gasteiger partial charge in [0.25, 0.3) is 0 Å². The zero-order chi connectivity index (χ0) is 50.0. The quantitative estimate of drug-likeness (QED) is 0.0261. The van der Waals surface area contributed by atoms with Gasteiger partial charge in [-0.3, -0.25) is 14.4 Å². The maximum absolute atomic E-state index is 12.9. The number of esters is 3. The van der Waals surface area contributed by atoms with E-state index in [1.165, 1.54) is 225 Å². The molecule has 0 aliphatic carbocycles. The van der Waals surface area contributed by atoms with Gasteiger partial charge in [-0.1, -0.05) is 250 Å². The molecule has 0 unspecified atom stereocenters. The van der Waals surface area contributed by atoms with Gasteiger partial charge >= 0.3 is 17.9 Å². The predicted molar refractivity (Wildman–Crippen MR) is 298 cm³/mol. The average molecular weight is 970 g/mol. The van der Waals surface area contributed by atoms with E-state index in [0.29, 0.717) is 19.3 Å². The SMILES string of the molecule is CCCCCC/C=C\CCCCCCCCCC(=O)OC[C@@H](COC(=O)CCCCCCC/C=C\CCCCCCCC)OC(=O)CCCCCCCCCCCCC/C=C\CCCCCCCC. The van der Waals surface area contributed by atoms with Gasteiger partial charge < -0.3 is 14.2 Å². The summed E-state index contributed by atoms with van der Waals surface area (Å²) < 4.78 is 16.9. The van der Waals surface area contributed by atoms with Gasteiger partial charge in [-0.15, -0.1) is 0 Å². The molecular weight excluding hydrogens is 853 g/mol. The largest absolute Gasteiger partial charge is 0.462 e. The van der Waals surface area contributed by atoms with Crippen molar-refractivity contribution in [1.82, 2.24) is 0 Å². The van der Waals surface area contributed by atoms with Crippen LogP contribution in [-0.2, 0) is 28.6 Å². The van der Waals surface area contributed by atoms with E-state index in [0.717, 1.165) is 64.2 Å². The molecule has 0 aromatic rings. The van der Waals surface area contributed by atoms with Crippen molar-refractivity contribution in [1.29, 1.82) is 0 Å². The third-order valence-electron chi connectivity index (χ3n) is 13.6. The van der Waals surface area contributed by atoms with E-state index in [9.17, 15) is 14.4 Å². The smallest absolute Gasteiger partial charge is 0.306 e. The number of allylic oxidation sites excluding steroid dienone is 6. The van der Waals surface area contributed by atoms with Crippen LogP contribution in [0.5, 0.6) is 0 Å². The second-order valence-corrected chi connectivity index (χ2v) is 20.6. The van der Waals surface area contributed by atoms with Crippen LogP contribution in [0.25, 0.3) is 0 Å². The van der Waals surface area contributed by atoms with E-state index in [4.69, 9.17) is 14.2 Å². The normalized spacial score (nSPS) is 12.2. The molecular formula is C63H116O6. The summed E-state index contributed by atoms with van der Waals surface area (Å²) in [5, 5.41) is 0. The van der Waals surface area contributed by atoms with Crippen LogP contribution in [0.2, 0.25) is 0 Å². The van der Waals surface area contributed by atoms with Crippen LogP contribution in [0.1, 0.15) is 329 Å². The molecule has 0 rings (SSSR count). The highest BCUT2D eigenvalue weighted by Crippen LogP contribution is 2.16. The van der Waals surface area contributed by atoms with E-state index in [1.54, 1.807) is 0 Å². The van der Waals surface area contributed by atoms with Crippen LogP contribution >= 0.6 is 0 Å². The van der Waals surface area contributed by atoms with Crippen molar-refractivity contribution in [3.8, 4) is 0 Å². The Labute approximate surface area is 429 Å². The third-order valence-corrected chi connectivity index (χ3v) is 13.6. The minimum atomic E-state index is -0.776. The highest BCUT2D eigenvalue weighted by Gasteiger charge is 2.19. The van der Waals surface area contributed by atoms with E-state index in [2.05, 4.69) is 57.2 Å². The molecule has 0 saturated heterocycles. The standard InChI is InChI=1S/C63H116O6/c1-4-7-10-13-16-19-22-25-28-29-30-31-32-33-36-39-42-45-48-51-54-57-63(66)69-60(58-67-61(64)55-52-49-46-43-40-37-34-26-23-20-17-14-11-8-5-2)59-68-62(65)56-53-50-47-44-41-38-35-27-24-21-18-15-12-9-6-3/h20,23,25,27-28,35,60H,4-19,21-22,24,26,29-34,36-59H2,1-3H3/b23-20-,28-25-,35-27-/t60-/m0/s1. The Morgan fingerprint density at radius 2 is 0.478 bits per heavy atom. The molecule has 0 radical (unpaired) electrons. The van der Waals surface area contributed by atoms with Crippen molar-refractivity contribution in [3.63, 3.8) is 0 Å². The summed E-state index contributed by atoms with van der Waals surface area (Å²) in [5.41, 5.74) is 0. The molecule has 0 aromatic carbocycles. The zero-order valence-corrected chi connectivity index (χ0v) is 46.3. The van der Waals surface area contributed by atoms with Crippen LogP contribution in [0.3, 0.4) is 0 Å². The Kier molecular flexibility index (Phi) is 56.2. The van der Waals surface area contributed by atoms with Crippen molar-refractivity contribution in [3.05, 3.63) is 36.5 Å². The summed E-state index contributed by atoms with van der Waals surface area (Å²) in [6.45, 7) is 6.65. The molecule has 0 heterocycles. The maximum Gasteiger partial charge on any atom is 0.306 e. The number of hydrogen-bond acceptors (Lipinski definition) is 6. The van der Waals surface area contributed by atoms with Crippen molar-refractivity contribution in [2.45, 2.75) is 335 Å². The second kappa shape index (κ2) is 58.2. The molecule has 0 aromatic heterocycles. The Morgan fingerprint density at radius 1 is 0.275 bits per heavy atom. The van der Waals surface area contributed by atoms with Crippen LogP contribution in [-0.4, -0.2) is 37.2 Å². The van der Waals surface area contributed by atoms with E-state index >= 15 is 0 Å². The van der Waals surface area contributed by atoms with Crippen molar-refractivity contribution < 1.29 is 28.6 Å². The molecule has 0 aliphatic rings. The van der Waals surface area contributed by atoms with E-state index < -0.39 is 6.10 Å². The molecule has 0 bridgehead atoms. The summed E-state index contributed by atoms with van der Waals surface area (Å²) in [6.07, 6.45) is 69.9. The average Bonchev–Trinajstić information content (AvgIpc) is 3.35. The fourth-order valence-corrected chi connectivity index (χ4v) is 8.96. The Hall–Kier alpha value is -2.37. The van der Waals surface area contributed by atoms with Gasteiger partial charge in [-0.25, -0.2) is 0 Å². The first-order valence-corrected chi connectivity index (χ1v) is 30.5. The highest BCUT2D eigenvalue weighted by atomic mass is 16.6. The summed E-state index contributed by atoms with van der Waals surface area (Å²) in [6, 6.07) is 0. The predicted octanol–water partition coefficient (Wildman–Crippen LogP) is 20.4. The number of carbonyl (C=O) groups is 3. The first-order valence-electron chi connectivity index (χ1n) is 30.5. The van der Waals surface area contributed by atoms with Crippen LogP contribution in [0.4, 0.5) is 0 Å². The van der Waals surface area contributed by atoms with Gasteiger partial charge in [0.15, 0.2) is 6.10 Å². The van der Waals surface area contributed by atoms with Crippen LogP contribution in [0.15, 0.2) is 36.5 Å². The molecule has 0 amide bonds. The molecule has 0 spiro atoms.